The normalized spacial score (nSPS) is 11.4. The molecule has 0 aliphatic heterocycles. The lowest BCUT2D eigenvalue weighted by Crippen LogP contribution is -2.02. The molecule has 0 N–H and O–H groups in total. The highest BCUT2D eigenvalue weighted by Gasteiger charge is 2.26. The fourth-order valence-corrected chi connectivity index (χ4v) is 10.2. The van der Waals surface area contributed by atoms with E-state index >= 15 is 0 Å². The van der Waals surface area contributed by atoms with E-state index in [1.165, 1.54) is 0 Å². The Morgan fingerprint density at radius 1 is 0.347 bits per heavy atom. The number of nitrogens with zero attached hydrogens (tertiary/aromatic N) is 7. The van der Waals surface area contributed by atoms with Gasteiger partial charge in [-0.25, -0.2) is 24.8 Å². The van der Waals surface area contributed by atoms with Crippen LogP contribution in [0.25, 0.3) is 139 Å². The number of benzene rings is 8. The Kier molecular flexibility index (Phi) is 10.3. The van der Waals surface area contributed by atoms with Crippen molar-refractivity contribution in [1.29, 1.82) is 0 Å². The quantitative estimate of drug-likeness (QED) is 0.112. The molecule has 72 heavy (non-hydrogen) atoms. The van der Waals surface area contributed by atoms with Crippen molar-refractivity contribution in [2.24, 2.45) is 7.05 Å². The molecule has 5 heterocycles. The molecule has 0 spiro atoms. The summed E-state index contributed by atoms with van der Waals surface area (Å²) in [6, 6.07) is 78.8. The van der Waals surface area contributed by atoms with Gasteiger partial charge in [0, 0.05) is 56.5 Å². The van der Waals surface area contributed by atoms with Gasteiger partial charge in [-0.1, -0.05) is 200 Å². The summed E-state index contributed by atoms with van der Waals surface area (Å²) < 4.78 is 2.16. The Morgan fingerprint density at radius 2 is 0.750 bits per heavy atom. The first kappa shape index (κ1) is 42.2. The average molecular weight is 920 g/mol. The summed E-state index contributed by atoms with van der Waals surface area (Å²) >= 11 is 0. The summed E-state index contributed by atoms with van der Waals surface area (Å²) in [5.41, 5.74) is 17.0. The highest BCUT2D eigenvalue weighted by atomic mass is 15.0. The topological polar surface area (TPSA) is 73.7 Å². The molecule has 7 nitrogen and oxygen atoms in total. The van der Waals surface area contributed by atoms with Crippen LogP contribution in [0.2, 0.25) is 0 Å². The van der Waals surface area contributed by atoms with Crippen LogP contribution < -0.4 is 0 Å². The summed E-state index contributed by atoms with van der Waals surface area (Å²) in [7, 11) is 2.06. The van der Waals surface area contributed by atoms with Crippen molar-refractivity contribution in [1.82, 2.24) is 29.5 Å². The number of aromatic nitrogens is 6. The number of hydrogen-bond acceptors (Lipinski definition) is 5. The van der Waals surface area contributed by atoms with E-state index in [0.29, 0.717) is 22.7 Å². The molecule has 336 valence electrons. The van der Waals surface area contributed by atoms with Crippen LogP contribution in [-0.2, 0) is 7.05 Å². The van der Waals surface area contributed by atoms with Crippen molar-refractivity contribution in [3.05, 3.63) is 242 Å². The Hall–Kier alpha value is -9.90. The molecule has 0 atom stereocenters. The summed E-state index contributed by atoms with van der Waals surface area (Å²) in [5, 5.41) is 3.65. The molecule has 0 saturated heterocycles. The summed E-state index contributed by atoms with van der Waals surface area (Å²) in [6.45, 7) is 8.90. The highest BCUT2D eigenvalue weighted by molar-refractivity contribution is 6.17. The van der Waals surface area contributed by atoms with Crippen LogP contribution in [0.15, 0.2) is 231 Å². The molecule has 0 bridgehead atoms. The standard InChI is InChI=1S/C65H41N7/c1-66-64-57(49-35-33-47-51(41-21-9-3-10-22-41)39-53(43-25-13-5-14-26-43)67-60(47)62(49)69-58(64)45-29-17-7-18-30-45)55-37-38-56(72(55)2)59-50-36-34-48-52(42-23-11-4-12-24-42)40-54(44-27-15-6-16-28-44)68-61(48)63(50)71-65(70-59)46-31-19-8-20-32-46/h3-40H,2H3. The zero-order valence-electron chi connectivity index (χ0n) is 39.1. The predicted octanol–water partition coefficient (Wildman–Crippen LogP) is 16.5. The lowest BCUT2D eigenvalue weighted by Gasteiger charge is -2.18. The van der Waals surface area contributed by atoms with Crippen LogP contribution in [0.4, 0.5) is 5.69 Å². The van der Waals surface area contributed by atoms with Gasteiger partial charge in [0.1, 0.15) is 5.52 Å². The molecule has 0 aliphatic carbocycles. The maximum absolute atomic E-state index is 8.90. The molecule has 0 aliphatic rings. The van der Waals surface area contributed by atoms with Crippen LogP contribution in [-0.4, -0.2) is 29.5 Å². The number of hydrogen-bond donors (Lipinski definition) is 0. The Labute approximate surface area is 415 Å². The molecule has 7 heteroatoms. The number of pyridine rings is 3. The lowest BCUT2D eigenvalue weighted by molar-refractivity contribution is 0.942. The van der Waals surface area contributed by atoms with Crippen molar-refractivity contribution in [2.45, 2.75) is 0 Å². The minimum Gasteiger partial charge on any atom is -0.343 e. The fourth-order valence-electron chi connectivity index (χ4n) is 10.2. The number of rotatable bonds is 8. The largest absolute Gasteiger partial charge is 0.343 e. The molecular formula is C65H41N7. The van der Waals surface area contributed by atoms with Crippen molar-refractivity contribution >= 4 is 49.3 Å². The minimum absolute atomic E-state index is 0.456. The Morgan fingerprint density at radius 3 is 1.25 bits per heavy atom. The van der Waals surface area contributed by atoms with Gasteiger partial charge in [0.2, 0.25) is 5.69 Å². The van der Waals surface area contributed by atoms with Crippen LogP contribution >= 0.6 is 0 Å². The van der Waals surface area contributed by atoms with Gasteiger partial charge in [0.05, 0.1) is 51.6 Å². The second kappa shape index (κ2) is 17.6. The molecule has 8 aromatic carbocycles. The van der Waals surface area contributed by atoms with Crippen molar-refractivity contribution in [3.63, 3.8) is 0 Å². The van der Waals surface area contributed by atoms with E-state index < -0.39 is 0 Å². The predicted molar refractivity (Wildman–Crippen MR) is 294 cm³/mol. The van der Waals surface area contributed by atoms with Gasteiger partial charge in [-0.15, -0.1) is 0 Å². The maximum Gasteiger partial charge on any atom is 0.222 e. The van der Waals surface area contributed by atoms with Crippen molar-refractivity contribution < 1.29 is 0 Å². The number of fused-ring (bicyclic) bond motifs is 6. The molecule has 0 saturated carbocycles. The lowest BCUT2D eigenvalue weighted by atomic mass is 9.94. The van der Waals surface area contributed by atoms with Gasteiger partial charge in [0.15, 0.2) is 5.82 Å². The monoisotopic (exact) mass is 919 g/mol. The van der Waals surface area contributed by atoms with E-state index in [4.69, 9.17) is 31.5 Å². The van der Waals surface area contributed by atoms with Gasteiger partial charge in [0.25, 0.3) is 0 Å². The first-order valence-corrected chi connectivity index (χ1v) is 23.9. The zero-order chi connectivity index (χ0) is 48.1. The van der Waals surface area contributed by atoms with E-state index in [9.17, 15) is 0 Å². The van der Waals surface area contributed by atoms with E-state index in [1.54, 1.807) is 0 Å². The molecule has 5 aromatic heterocycles. The summed E-state index contributed by atoms with van der Waals surface area (Å²) in [5.74, 6) is 0.588. The van der Waals surface area contributed by atoms with Gasteiger partial charge >= 0.3 is 0 Å². The SMILES string of the molecule is [C-]#[N+]c1c(-c2ccccc2)nc2c(ccc3c(-c4ccccc4)cc(-c4ccccc4)nc32)c1-c1ccc(-c2nc(-c3ccccc3)nc3c2ccc2c(-c4ccccc4)cc(-c4ccccc4)nc23)n1C. The van der Waals surface area contributed by atoms with Crippen molar-refractivity contribution in [2.75, 3.05) is 0 Å². The van der Waals surface area contributed by atoms with Crippen LogP contribution in [0.3, 0.4) is 0 Å². The molecule has 0 radical (unpaired) electrons. The average Bonchev–Trinajstić information content (AvgIpc) is 3.84. The molecule has 0 amide bonds. The van der Waals surface area contributed by atoms with Gasteiger partial charge < -0.3 is 4.57 Å². The third kappa shape index (κ3) is 7.17. The Bertz CT molecular complexity index is 4250. The van der Waals surface area contributed by atoms with Crippen LogP contribution in [0.1, 0.15) is 0 Å². The van der Waals surface area contributed by atoms with E-state index in [0.717, 1.165) is 117 Å². The molecule has 0 fully saturated rings. The Balaban J connectivity index is 1.10. The molecule has 13 rings (SSSR count). The van der Waals surface area contributed by atoms with Crippen LogP contribution in [0.5, 0.6) is 0 Å². The minimum atomic E-state index is 0.456. The van der Waals surface area contributed by atoms with E-state index in [-0.39, 0.29) is 0 Å². The highest BCUT2D eigenvalue weighted by Crippen LogP contribution is 2.47. The first-order chi connectivity index (χ1) is 35.6. The summed E-state index contributed by atoms with van der Waals surface area (Å²) in [6.07, 6.45) is 0. The third-order valence-corrected chi connectivity index (χ3v) is 13.7. The first-order valence-electron chi connectivity index (χ1n) is 23.9. The van der Waals surface area contributed by atoms with Crippen molar-refractivity contribution in [3.8, 4) is 90.1 Å². The smallest absolute Gasteiger partial charge is 0.222 e. The second-order valence-electron chi connectivity index (χ2n) is 17.9. The fraction of sp³-hybridized carbons (Fsp3) is 0.0154. The molecule has 13 aromatic rings. The van der Waals surface area contributed by atoms with Gasteiger partial charge in [-0.3, -0.25) is 4.98 Å². The van der Waals surface area contributed by atoms with E-state index in [2.05, 4.69) is 138 Å². The van der Waals surface area contributed by atoms with Gasteiger partial charge in [-0.05, 0) is 58.1 Å². The van der Waals surface area contributed by atoms with Gasteiger partial charge in [-0.2, -0.15) is 0 Å². The zero-order valence-corrected chi connectivity index (χ0v) is 39.1. The van der Waals surface area contributed by atoms with Crippen LogP contribution in [0, 0.1) is 6.57 Å². The third-order valence-electron chi connectivity index (χ3n) is 13.7. The second-order valence-corrected chi connectivity index (χ2v) is 17.9. The maximum atomic E-state index is 8.90. The summed E-state index contributed by atoms with van der Waals surface area (Å²) in [4.78, 5) is 31.5. The molecular weight excluding hydrogens is 879 g/mol. The molecule has 0 unspecified atom stereocenters. The van der Waals surface area contributed by atoms with E-state index in [1.807, 2.05) is 109 Å².